The largest absolute Gasteiger partial charge is 0.462 e. The van der Waals surface area contributed by atoms with Gasteiger partial charge in [-0.3, -0.25) is 4.79 Å². The van der Waals surface area contributed by atoms with E-state index in [1.807, 2.05) is 0 Å². The van der Waals surface area contributed by atoms with Crippen LogP contribution in [0, 0.1) is 44.8 Å². The Balaban J connectivity index is 1.48. The third kappa shape index (κ3) is 2.25. The Bertz CT molecular complexity index is 794. The number of esters is 1. The molecule has 5 rings (SSSR count). The first kappa shape index (κ1) is 21.1. The van der Waals surface area contributed by atoms with Crippen LogP contribution in [0.3, 0.4) is 0 Å². The van der Waals surface area contributed by atoms with Gasteiger partial charge in [0.15, 0.2) is 0 Å². The highest BCUT2D eigenvalue weighted by atomic mass is 16.5. The molecule has 0 heterocycles. The predicted octanol–water partition coefficient (Wildman–Crippen LogP) is 7.32. The first-order valence-corrected chi connectivity index (χ1v) is 12.8. The number of fused-ring (bicyclic) bond motifs is 2. The topological polar surface area (TPSA) is 26.3 Å². The van der Waals surface area contributed by atoms with Gasteiger partial charge in [0.25, 0.3) is 0 Å². The van der Waals surface area contributed by atoms with Crippen molar-refractivity contribution in [2.24, 2.45) is 44.8 Å². The highest BCUT2D eigenvalue weighted by Gasteiger charge is 2.82. The average molecular weight is 413 g/mol. The first-order valence-electron chi connectivity index (χ1n) is 12.8. The van der Waals surface area contributed by atoms with Crippen molar-refractivity contribution in [2.75, 3.05) is 0 Å². The van der Waals surface area contributed by atoms with Gasteiger partial charge in [0.2, 0.25) is 0 Å². The fourth-order valence-electron chi connectivity index (χ4n) is 10.7. The number of carbonyl (C=O) groups is 1. The van der Waals surface area contributed by atoms with Crippen LogP contribution in [0.4, 0.5) is 0 Å². The molecular formula is C28H44O2. The number of ether oxygens (including phenoxy) is 1. The molecule has 30 heavy (non-hydrogen) atoms. The van der Waals surface area contributed by atoms with Crippen molar-refractivity contribution >= 4 is 5.97 Å². The van der Waals surface area contributed by atoms with E-state index in [9.17, 15) is 4.79 Å². The van der Waals surface area contributed by atoms with Gasteiger partial charge >= 0.3 is 5.97 Å². The van der Waals surface area contributed by atoms with Crippen LogP contribution in [-0.4, -0.2) is 12.1 Å². The molecule has 0 radical (unpaired) electrons. The Hall–Kier alpha value is -0.790. The lowest BCUT2D eigenvalue weighted by atomic mass is 9.42. The summed E-state index contributed by atoms with van der Waals surface area (Å²) in [5, 5.41) is 0. The summed E-state index contributed by atoms with van der Waals surface area (Å²) in [6.07, 6.45) is 14.7. The molecule has 2 spiro atoms. The van der Waals surface area contributed by atoms with E-state index in [2.05, 4.69) is 47.6 Å². The SMILES string of the molecule is C/C=C(\C)C1CC[C@@]2(C)C3CCC4C(C)(C)[C@@H](OC(C)=O)CCC45C[C@@]35CC[C@]12C. The van der Waals surface area contributed by atoms with Gasteiger partial charge in [0.05, 0.1) is 0 Å². The van der Waals surface area contributed by atoms with Gasteiger partial charge in [-0.25, -0.2) is 0 Å². The Kier molecular flexibility index (Phi) is 4.33. The highest BCUT2D eigenvalue weighted by molar-refractivity contribution is 5.66. The van der Waals surface area contributed by atoms with E-state index in [-0.39, 0.29) is 17.5 Å². The van der Waals surface area contributed by atoms with Crippen molar-refractivity contribution in [1.29, 1.82) is 0 Å². The molecule has 0 aliphatic heterocycles. The molecule has 0 aromatic rings. The lowest BCUT2D eigenvalue weighted by Crippen LogP contribution is -2.57. The zero-order valence-corrected chi connectivity index (χ0v) is 20.6. The van der Waals surface area contributed by atoms with E-state index < -0.39 is 0 Å². The van der Waals surface area contributed by atoms with Crippen molar-refractivity contribution in [3.05, 3.63) is 11.6 Å². The van der Waals surface area contributed by atoms with Gasteiger partial charge in [-0.05, 0) is 111 Å². The minimum Gasteiger partial charge on any atom is -0.462 e. The normalized spacial score (nSPS) is 53.8. The molecule has 0 aromatic carbocycles. The molecule has 2 heteroatoms. The molecule has 0 N–H and O–H groups in total. The molecule has 0 saturated heterocycles. The lowest BCUT2D eigenvalue weighted by Gasteiger charge is -2.63. The van der Waals surface area contributed by atoms with Crippen molar-refractivity contribution < 1.29 is 9.53 Å². The second kappa shape index (κ2) is 6.16. The van der Waals surface area contributed by atoms with E-state index in [0.29, 0.717) is 21.7 Å². The average Bonchev–Trinajstić information content (AvgIpc) is 3.26. The Morgan fingerprint density at radius 2 is 1.50 bits per heavy atom. The third-order valence-corrected chi connectivity index (χ3v) is 12.4. The van der Waals surface area contributed by atoms with Gasteiger partial charge in [0.1, 0.15) is 6.10 Å². The molecule has 168 valence electrons. The maximum absolute atomic E-state index is 11.8. The maximum atomic E-state index is 11.8. The number of hydrogen-bond acceptors (Lipinski definition) is 2. The summed E-state index contributed by atoms with van der Waals surface area (Å²) >= 11 is 0. The number of allylic oxidation sites excluding steroid dienone is 2. The number of hydrogen-bond donors (Lipinski definition) is 0. The van der Waals surface area contributed by atoms with Crippen molar-refractivity contribution in [1.82, 2.24) is 0 Å². The second-order valence-corrected chi connectivity index (χ2v) is 13.1. The zero-order chi connectivity index (χ0) is 21.7. The highest BCUT2D eigenvalue weighted by Crippen LogP contribution is 2.89. The predicted molar refractivity (Wildman–Crippen MR) is 122 cm³/mol. The van der Waals surface area contributed by atoms with Crippen LogP contribution in [0.2, 0.25) is 0 Å². The summed E-state index contributed by atoms with van der Waals surface area (Å²) in [6, 6.07) is 0. The van der Waals surface area contributed by atoms with Crippen LogP contribution in [0.25, 0.3) is 0 Å². The van der Waals surface area contributed by atoms with Gasteiger partial charge in [0, 0.05) is 12.3 Å². The molecular weight excluding hydrogens is 368 g/mol. The van der Waals surface area contributed by atoms with Gasteiger partial charge in [-0.15, -0.1) is 0 Å². The molecule has 2 nitrogen and oxygen atoms in total. The van der Waals surface area contributed by atoms with Crippen LogP contribution in [0.5, 0.6) is 0 Å². The van der Waals surface area contributed by atoms with Crippen molar-refractivity contribution in [3.8, 4) is 0 Å². The fourth-order valence-corrected chi connectivity index (χ4v) is 10.7. The monoisotopic (exact) mass is 412 g/mol. The van der Waals surface area contributed by atoms with E-state index in [1.54, 1.807) is 12.5 Å². The molecule has 8 atom stereocenters. The van der Waals surface area contributed by atoms with Crippen LogP contribution < -0.4 is 0 Å². The Labute approximate surface area is 184 Å². The van der Waals surface area contributed by atoms with Gasteiger partial charge in [-0.1, -0.05) is 39.3 Å². The van der Waals surface area contributed by atoms with Crippen molar-refractivity contribution in [3.63, 3.8) is 0 Å². The molecule has 5 aliphatic rings. The molecule has 5 aliphatic carbocycles. The zero-order valence-electron chi connectivity index (χ0n) is 20.6. The summed E-state index contributed by atoms with van der Waals surface area (Å²) in [4.78, 5) is 11.8. The molecule has 0 bridgehead atoms. The molecule has 4 unspecified atom stereocenters. The minimum absolute atomic E-state index is 0.0967. The van der Waals surface area contributed by atoms with E-state index in [0.717, 1.165) is 24.2 Å². The quantitative estimate of drug-likeness (QED) is 0.351. The van der Waals surface area contributed by atoms with Crippen LogP contribution in [0.1, 0.15) is 106 Å². The smallest absolute Gasteiger partial charge is 0.302 e. The lowest BCUT2D eigenvalue weighted by molar-refractivity contribution is -0.179. The van der Waals surface area contributed by atoms with Crippen molar-refractivity contribution in [2.45, 2.75) is 112 Å². The van der Waals surface area contributed by atoms with E-state index >= 15 is 0 Å². The van der Waals surface area contributed by atoms with Gasteiger partial charge < -0.3 is 4.74 Å². The minimum atomic E-state index is -0.0967. The van der Waals surface area contributed by atoms with Crippen LogP contribution >= 0.6 is 0 Å². The van der Waals surface area contributed by atoms with Gasteiger partial charge in [-0.2, -0.15) is 0 Å². The van der Waals surface area contributed by atoms with E-state index in [4.69, 9.17) is 4.74 Å². The first-order chi connectivity index (χ1) is 14.0. The Morgan fingerprint density at radius 1 is 0.833 bits per heavy atom. The van der Waals surface area contributed by atoms with Crippen LogP contribution in [-0.2, 0) is 9.53 Å². The maximum Gasteiger partial charge on any atom is 0.302 e. The molecule has 5 fully saturated rings. The van der Waals surface area contributed by atoms with E-state index in [1.165, 1.54) is 51.4 Å². The summed E-state index contributed by atoms with van der Waals surface area (Å²) in [6.45, 7) is 16.4. The molecule has 0 amide bonds. The fraction of sp³-hybridized carbons (Fsp3) is 0.893. The summed E-state index contributed by atoms with van der Waals surface area (Å²) < 4.78 is 5.87. The molecule has 0 aromatic heterocycles. The standard InChI is InChI=1S/C28H44O2/c1-8-18(2)20-11-13-26(7)22-10-9-21-24(4,5)23(30-19(3)29)12-14-27(21)17-28(22,27)16-15-25(20,26)6/h8,20-23H,9-17H2,1-7H3/b18-8+/t20?,21?,22?,23-,25+,26-,27?,28-/m0/s1. The summed E-state index contributed by atoms with van der Waals surface area (Å²) in [5.41, 5.74) is 3.83. The third-order valence-electron chi connectivity index (χ3n) is 12.4. The number of carbonyl (C=O) groups excluding carboxylic acids is 1. The second-order valence-electron chi connectivity index (χ2n) is 13.1. The van der Waals surface area contributed by atoms with Crippen LogP contribution in [0.15, 0.2) is 11.6 Å². The molecule has 5 saturated carbocycles. The summed E-state index contributed by atoms with van der Waals surface area (Å²) in [7, 11) is 0. The summed E-state index contributed by atoms with van der Waals surface area (Å²) in [5.74, 6) is 2.31. The number of rotatable bonds is 2. The Morgan fingerprint density at radius 3 is 2.17 bits per heavy atom.